The van der Waals surface area contributed by atoms with Crippen LogP contribution >= 0.6 is 0 Å². The second kappa shape index (κ2) is 6.50. The zero-order valence-electron chi connectivity index (χ0n) is 14.2. The van der Waals surface area contributed by atoms with Crippen molar-refractivity contribution in [3.8, 4) is 0 Å². The normalized spacial score (nSPS) is 15.4. The van der Waals surface area contributed by atoms with Gasteiger partial charge < -0.3 is 14.2 Å². The molecule has 1 aliphatic rings. The molecular formula is C16H17F3N4O3. The average molecular weight is 370 g/mol. The highest BCUT2D eigenvalue weighted by Crippen LogP contribution is 2.33. The van der Waals surface area contributed by atoms with Crippen molar-refractivity contribution in [3.05, 3.63) is 41.1 Å². The van der Waals surface area contributed by atoms with Crippen LogP contribution in [0.3, 0.4) is 0 Å². The number of piperazine rings is 1. The number of hydrogen-bond acceptors (Lipinski definition) is 4. The molecule has 0 N–H and O–H groups in total. The molecule has 2 amide bonds. The lowest BCUT2D eigenvalue weighted by molar-refractivity contribution is -0.141. The Morgan fingerprint density at radius 2 is 1.69 bits per heavy atom. The van der Waals surface area contributed by atoms with Gasteiger partial charge in [0.15, 0.2) is 11.5 Å². The summed E-state index contributed by atoms with van der Waals surface area (Å²) in [4.78, 5) is 27.7. The van der Waals surface area contributed by atoms with E-state index in [0.717, 1.165) is 4.68 Å². The molecule has 3 rings (SSSR count). The number of aromatic nitrogens is 2. The SMILES string of the molecule is Cc1c(C(=O)N2CCN(C(=O)c3ccco3)CC2)c(C(F)(F)F)nn1C. The third-order valence-corrected chi connectivity index (χ3v) is 4.40. The third kappa shape index (κ3) is 3.18. The van der Waals surface area contributed by atoms with Gasteiger partial charge in [0, 0.05) is 38.9 Å². The van der Waals surface area contributed by atoms with Gasteiger partial charge >= 0.3 is 6.18 Å². The highest BCUT2D eigenvalue weighted by atomic mass is 19.4. The summed E-state index contributed by atoms with van der Waals surface area (Å²) in [7, 11) is 1.36. The van der Waals surface area contributed by atoms with Crippen molar-refractivity contribution >= 4 is 11.8 Å². The molecule has 0 spiro atoms. The number of halogens is 3. The lowest BCUT2D eigenvalue weighted by atomic mass is 10.1. The third-order valence-electron chi connectivity index (χ3n) is 4.40. The van der Waals surface area contributed by atoms with E-state index in [0.29, 0.717) is 0 Å². The highest BCUT2D eigenvalue weighted by Gasteiger charge is 2.41. The number of furan rings is 1. The number of hydrogen-bond donors (Lipinski definition) is 0. The molecule has 2 aromatic heterocycles. The van der Waals surface area contributed by atoms with Crippen molar-refractivity contribution in [2.75, 3.05) is 26.2 Å². The Morgan fingerprint density at radius 1 is 1.12 bits per heavy atom. The van der Waals surface area contributed by atoms with Crippen LogP contribution in [0.1, 0.15) is 32.3 Å². The van der Waals surface area contributed by atoms with Crippen LogP contribution in [0, 0.1) is 6.92 Å². The van der Waals surface area contributed by atoms with E-state index in [9.17, 15) is 22.8 Å². The Labute approximate surface area is 147 Å². The lowest BCUT2D eigenvalue weighted by Gasteiger charge is -2.34. The van der Waals surface area contributed by atoms with E-state index < -0.39 is 23.3 Å². The molecule has 0 atom stereocenters. The first-order chi connectivity index (χ1) is 12.2. The van der Waals surface area contributed by atoms with Crippen molar-refractivity contribution in [1.82, 2.24) is 19.6 Å². The quantitative estimate of drug-likeness (QED) is 0.810. The Balaban J connectivity index is 1.74. The molecule has 1 fully saturated rings. The number of carbonyl (C=O) groups is 2. The van der Waals surface area contributed by atoms with Gasteiger partial charge in [-0.25, -0.2) is 0 Å². The van der Waals surface area contributed by atoms with E-state index in [1.165, 1.54) is 36.1 Å². The van der Waals surface area contributed by atoms with Gasteiger partial charge in [0.2, 0.25) is 0 Å². The van der Waals surface area contributed by atoms with Crippen molar-refractivity contribution in [2.24, 2.45) is 7.05 Å². The maximum absolute atomic E-state index is 13.2. The van der Waals surface area contributed by atoms with Crippen LogP contribution in [0.5, 0.6) is 0 Å². The van der Waals surface area contributed by atoms with Gasteiger partial charge in [-0.2, -0.15) is 18.3 Å². The largest absolute Gasteiger partial charge is 0.459 e. The van der Waals surface area contributed by atoms with E-state index in [-0.39, 0.29) is 43.5 Å². The van der Waals surface area contributed by atoms with Crippen molar-refractivity contribution in [1.29, 1.82) is 0 Å². The topological polar surface area (TPSA) is 71.6 Å². The molecule has 26 heavy (non-hydrogen) atoms. The fourth-order valence-corrected chi connectivity index (χ4v) is 2.89. The molecule has 3 heterocycles. The number of aryl methyl sites for hydroxylation is 1. The first-order valence-corrected chi connectivity index (χ1v) is 7.93. The van der Waals surface area contributed by atoms with Gasteiger partial charge in [-0.05, 0) is 19.1 Å². The van der Waals surface area contributed by atoms with Crippen LogP contribution < -0.4 is 0 Å². The molecule has 7 nitrogen and oxygen atoms in total. The molecule has 0 aromatic carbocycles. The Bertz CT molecular complexity index is 819. The number of carbonyl (C=O) groups excluding carboxylic acids is 2. The first-order valence-electron chi connectivity index (χ1n) is 7.93. The summed E-state index contributed by atoms with van der Waals surface area (Å²) in [6, 6.07) is 3.13. The number of alkyl halides is 3. The van der Waals surface area contributed by atoms with Gasteiger partial charge in [-0.15, -0.1) is 0 Å². The molecule has 2 aromatic rings. The fraction of sp³-hybridized carbons (Fsp3) is 0.438. The van der Waals surface area contributed by atoms with Crippen LogP contribution in [-0.2, 0) is 13.2 Å². The van der Waals surface area contributed by atoms with Crippen LogP contribution in [0.15, 0.2) is 22.8 Å². The molecular weight excluding hydrogens is 353 g/mol. The van der Waals surface area contributed by atoms with Crippen molar-refractivity contribution < 1.29 is 27.2 Å². The molecule has 0 aliphatic carbocycles. The first kappa shape index (κ1) is 18.0. The summed E-state index contributed by atoms with van der Waals surface area (Å²) < 4.78 is 45.7. The van der Waals surface area contributed by atoms with Crippen molar-refractivity contribution in [3.63, 3.8) is 0 Å². The van der Waals surface area contributed by atoms with Crippen LogP contribution in [-0.4, -0.2) is 57.6 Å². The molecule has 1 saturated heterocycles. The summed E-state index contributed by atoms with van der Waals surface area (Å²) in [5, 5.41) is 3.44. The van der Waals surface area contributed by atoms with Crippen LogP contribution in [0.4, 0.5) is 13.2 Å². The van der Waals surface area contributed by atoms with Gasteiger partial charge in [-0.1, -0.05) is 0 Å². The van der Waals surface area contributed by atoms with Gasteiger partial charge in [0.25, 0.3) is 11.8 Å². The summed E-state index contributed by atoms with van der Waals surface area (Å²) in [5.41, 5.74) is -1.47. The Hall–Kier alpha value is -2.78. The monoisotopic (exact) mass is 370 g/mol. The number of rotatable bonds is 2. The molecule has 1 aliphatic heterocycles. The second-order valence-corrected chi connectivity index (χ2v) is 5.99. The summed E-state index contributed by atoms with van der Waals surface area (Å²) in [5.74, 6) is -0.851. The molecule has 10 heteroatoms. The minimum absolute atomic E-state index is 0.136. The summed E-state index contributed by atoms with van der Waals surface area (Å²) in [6.07, 6.45) is -3.33. The zero-order chi connectivity index (χ0) is 19.1. The van der Waals surface area contributed by atoms with Crippen LogP contribution in [0.2, 0.25) is 0 Å². The molecule has 0 saturated carbocycles. The average Bonchev–Trinajstić information content (AvgIpc) is 3.23. The maximum Gasteiger partial charge on any atom is 0.435 e. The van der Waals surface area contributed by atoms with E-state index in [1.807, 2.05) is 0 Å². The van der Waals surface area contributed by atoms with E-state index in [2.05, 4.69) is 5.10 Å². The van der Waals surface area contributed by atoms with Gasteiger partial charge in [0.1, 0.15) is 0 Å². The number of nitrogens with zero attached hydrogens (tertiary/aromatic N) is 4. The fourth-order valence-electron chi connectivity index (χ4n) is 2.89. The molecule has 0 radical (unpaired) electrons. The van der Waals surface area contributed by atoms with E-state index in [1.54, 1.807) is 6.07 Å². The number of amides is 2. The summed E-state index contributed by atoms with van der Waals surface area (Å²) in [6.45, 7) is 2.12. The van der Waals surface area contributed by atoms with Gasteiger partial charge in [-0.3, -0.25) is 14.3 Å². The predicted molar refractivity (Wildman–Crippen MR) is 83.5 cm³/mol. The minimum Gasteiger partial charge on any atom is -0.459 e. The Morgan fingerprint density at radius 3 is 2.19 bits per heavy atom. The minimum atomic E-state index is -4.71. The zero-order valence-corrected chi connectivity index (χ0v) is 14.2. The summed E-state index contributed by atoms with van der Waals surface area (Å²) >= 11 is 0. The van der Waals surface area contributed by atoms with Crippen LogP contribution in [0.25, 0.3) is 0 Å². The lowest BCUT2D eigenvalue weighted by Crippen LogP contribution is -2.50. The maximum atomic E-state index is 13.2. The molecule has 140 valence electrons. The van der Waals surface area contributed by atoms with E-state index >= 15 is 0 Å². The van der Waals surface area contributed by atoms with Crippen molar-refractivity contribution in [2.45, 2.75) is 13.1 Å². The van der Waals surface area contributed by atoms with Gasteiger partial charge in [0.05, 0.1) is 11.8 Å². The Kier molecular flexibility index (Phi) is 4.51. The molecule has 0 unspecified atom stereocenters. The molecule has 0 bridgehead atoms. The standard InChI is InChI=1S/C16H17F3N4O3/c1-10-12(13(16(17,18)19)20-21(10)2)15(25)23-7-5-22(6-8-23)14(24)11-4-3-9-26-11/h3-4,9H,5-8H2,1-2H3. The second-order valence-electron chi connectivity index (χ2n) is 5.99. The smallest absolute Gasteiger partial charge is 0.435 e. The highest BCUT2D eigenvalue weighted by molar-refractivity contribution is 5.97. The van der Waals surface area contributed by atoms with E-state index in [4.69, 9.17) is 4.42 Å². The predicted octanol–water partition coefficient (Wildman–Crippen LogP) is 1.94.